The molecule has 1 N–H and O–H groups in total. The highest BCUT2D eigenvalue weighted by Crippen LogP contribution is 2.27. The average Bonchev–Trinajstić information content (AvgIpc) is 2.41. The van der Waals surface area contributed by atoms with Crippen molar-refractivity contribution in [3.05, 3.63) is 23.8 Å². The maximum atomic E-state index is 11.9. The first-order valence-corrected chi connectivity index (χ1v) is 6.44. The van der Waals surface area contributed by atoms with Crippen molar-refractivity contribution in [2.45, 2.75) is 32.0 Å². The van der Waals surface area contributed by atoms with E-state index in [0.29, 0.717) is 31.0 Å². The van der Waals surface area contributed by atoms with E-state index in [1.165, 1.54) is 0 Å². The van der Waals surface area contributed by atoms with Crippen LogP contribution in [0.5, 0.6) is 11.5 Å². The van der Waals surface area contributed by atoms with Gasteiger partial charge in [-0.3, -0.25) is 0 Å². The van der Waals surface area contributed by atoms with Gasteiger partial charge in [0.15, 0.2) is 11.5 Å². The number of halogens is 3. The molecule has 0 atom stereocenters. The quantitative estimate of drug-likeness (QED) is 0.743. The molecule has 0 unspecified atom stereocenters. The van der Waals surface area contributed by atoms with Crippen LogP contribution >= 0.6 is 0 Å². The molecule has 0 aliphatic heterocycles. The van der Waals surface area contributed by atoms with Gasteiger partial charge in [0.2, 0.25) is 0 Å². The standard InChI is InChI=1S/C14H20F3NO2/c1-19-12-6-5-11(9-13(12)20-2)10-18-8-4-3-7-14(15,16)17/h5-6,9,18H,3-4,7-8,10H2,1-2H3. The van der Waals surface area contributed by atoms with E-state index in [1.54, 1.807) is 20.3 Å². The summed E-state index contributed by atoms with van der Waals surface area (Å²) in [6.45, 7) is 1.15. The Hall–Kier alpha value is -1.43. The number of nitrogens with one attached hydrogen (secondary N) is 1. The number of hydrogen-bond acceptors (Lipinski definition) is 3. The second-order valence-corrected chi connectivity index (χ2v) is 4.44. The average molecular weight is 291 g/mol. The highest BCUT2D eigenvalue weighted by Gasteiger charge is 2.25. The van der Waals surface area contributed by atoms with Gasteiger partial charge in [-0.05, 0) is 37.1 Å². The second-order valence-electron chi connectivity index (χ2n) is 4.44. The van der Waals surface area contributed by atoms with Crippen molar-refractivity contribution >= 4 is 0 Å². The fraction of sp³-hybridized carbons (Fsp3) is 0.571. The molecule has 3 nitrogen and oxygen atoms in total. The van der Waals surface area contributed by atoms with E-state index in [9.17, 15) is 13.2 Å². The van der Waals surface area contributed by atoms with Crippen molar-refractivity contribution in [2.24, 2.45) is 0 Å². The van der Waals surface area contributed by atoms with Crippen LogP contribution in [0.3, 0.4) is 0 Å². The maximum Gasteiger partial charge on any atom is 0.389 e. The van der Waals surface area contributed by atoms with Crippen LogP contribution < -0.4 is 14.8 Å². The van der Waals surface area contributed by atoms with Gasteiger partial charge in [0.05, 0.1) is 14.2 Å². The van der Waals surface area contributed by atoms with E-state index >= 15 is 0 Å². The third-order valence-electron chi connectivity index (χ3n) is 2.84. The van der Waals surface area contributed by atoms with Gasteiger partial charge in [-0.15, -0.1) is 0 Å². The van der Waals surface area contributed by atoms with E-state index in [-0.39, 0.29) is 6.42 Å². The van der Waals surface area contributed by atoms with E-state index in [0.717, 1.165) is 5.56 Å². The molecule has 0 aliphatic rings. The molecular weight excluding hydrogens is 271 g/mol. The lowest BCUT2D eigenvalue weighted by Crippen LogP contribution is -2.16. The highest BCUT2D eigenvalue weighted by molar-refractivity contribution is 5.42. The third-order valence-corrected chi connectivity index (χ3v) is 2.84. The van der Waals surface area contributed by atoms with Gasteiger partial charge in [0, 0.05) is 13.0 Å². The molecule has 6 heteroatoms. The van der Waals surface area contributed by atoms with Crippen LogP contribution in [0.1, 0.15) is 24.8 Å². The zero-order chi connectivity index (χ0) is 15.0. The first kappa shape index (κ1) is 16.6. The van der Waals surface area contributed by atoms with Crippen LogP contribution in [0, 0.1) is 0 Å². The Bertz CT molecular complexity index is 408. The Morgan fingerprint density at radius 2 is 1.75 bits per heavy atom. The van der Waals surface area contributed by atoms with Crippen LogP contribution in [0.15, 0.2) is 18.2 Å². The molecule has 0 heterocycles. The molecule has 0 amide bonds. The topological polar surface area (TPSA) is 30.5 Å². The predicted octanol–water partition coefficient (Wildman–Crippen LogP) is 3.53. The van der Waals surface area contributed by atoms with Gasteiger partial charge in [0.1, 0.15) is 0 Å². The molecule has 0 bridgehead atoms. The Morgan fingerprint density at radius 1 is 1.05 bits per heavy atom. The summed E-state index contributed by atoms with van der Waals surface area (Å²) in [6, 6.07) is 5.55. The second kappa shape index (κ2) is 7.99. The molecule has 0 aromatic heterocycles. The SMILES string of the molecule is COc1ccc(CNCCCCC(F)(F)F)cc1OC. The van der Waals surface area contributed by atoms with Gasteiger partial charge in [0.25, 0.3) is 0 Å². The minimum atomic E-state index is -4.05. The Labute approximate surface area is 117 Å². The van der Waals surface area contributed by atoms with Crippen LogP contribution in [-0.2, 0) is 6.54 Å². The summed E-state index contributed by atoms with van der Waals surface area (Å²) >= 11 is 0. The number of benzene rings is 1. The Morgan fingerprint density at radius 3 is 2.35 bits per heavy atom. The number of rotatable bonds is 8. The van der Waals surface area contributed by atoms with Gasteiger partial charge in [-0.2, -0.15) is 13.2 Å². The summed E-state index contributed by atoms with van der Waals surface area (Å²) in [5, 5.41) is 3.11. The minimum Gasteiger partial charge on any atom is -0.493 e. The summed E-state index contributed by atoms with van der Waals surface area (Å²) in [5.41, 5.74) is 0.999. The molecule has 0 aliphatic carbocycles. The summed E-state index contributed by atoms with van der Waals surface area (Å²) in [6.07, 6.45) is -4.11. The number of alkyl halides is 3. The van der Waals surface area contributed by atoms with Gasteiger partial charge >= 0.3 is 6.18 Å². The zero-order valence-electron chi connectivity index (χ0n) is 11.7. The monoisotopic (exact) mass is 291 g/mol. The van der Waals surface area contributed by atoms with Gasteiger partial charge in [-0.25, -0.2) is 0 Å². The molecule has 20 heavy (non-hydrogen) atoms. The normalized spacial score (nSPS) is 11.4. The minimum absolute atomic E-state index is 0.155. The van der Waals surface area contributed by atoms with Crippen LogP contribution in [0.4, 0.5) is 13.2 Å². The van der Waals surface area contributed by atoms with Crippen LogP contribution in [0.2, 0.25) is 0 Å². The van der Waals surface area contributed by atoms with Crippen molar-refractivity contribution in [1.82, 2.24) is 5.32 Å². The molecule has 0 radical (unpaired) electrons. The van der Waals surface area contributed by atoms with Crippen molar-refractivity contribution < 1.29 is 22.6 Å². The van der Waals surface area contributed by atoms with Crippen LogP contribution in [0.25, 0.3) is 0 Å². The molecule has 0 spiro atoms. The van der Waals surface area contributed by atoms with E-state index < -0.39 is 12.6 Å². The first-order chi connectivity index (χ1) is 9.46. The zero-order valence-corrected chi connectivity index (χ0v) is 11.7. The van der Waals surface area contributed by atoms with E-state index in [4.69, 9.17) is 9.47 Å². The van der Waals surface area contributed by atoms with E-state index in [2.05, 4.69) is 5.32 Å². The summed E-state index contributed by atoms with van der Waals surface area (Å²) in [4.78, 5) is 0. The lowest BCUT2D eigenvalue weighted by atomic mass is 10.2. The van der Waals surface area contributed by atoms with Crippen molar-refractivity contribution in [3.63, 3.8) is 0 Å². The van der Waals surface area contributed by atoms with Gasteiger partial charge in [-0.1, -0.05) is 6.07 Å². The Kier molecular flexibility index (Phi) is 6.64. The van der Waals surface area contributed by atoms with Crippen molar-refractivity contribution in [2.75, 3.05) is 20.8 Å². The number of ether oxygens (including phenoxy) is 2. The smallest absolute Gasteiger partial charge is 0.389 e. The fourth-order valence-corrected chi connectivity index (χ4v) is 1.80. The third kappa shape index (κ3) is 6.14. The van der Waals surface area contributed by atoms with Crippen molar-refractivity contribution in [3.8, 4) is 11.5 Å². The summed E-state index contributed by atoms with van der Waals surface area (Å²) < 4.78 is 46.1. The number of unbranched alkanes of at least 4 members (excludes halogenated alkanes) is 1. The lowest BCUT2D eigenvalue weighted by Gasteiger charge is -2.10. The highest BCUT2D eigenvalue weighted by atomic mass is 19.4. The first-order valence-electron chi connectivity index (χ1n) is 6.44. The molecule has 0 saturated carbocycles. The maximum absolute atomic E-state index is 11.9. The van der Waals surface area contributed by atoms with Crippen molar-refractivity contribution in [1.29, 1.82) is 0 Å². The fourth-order valence-electron chi connectivity index (χ4n) is 1.80. The molecule has 1 aromatic carbocycles. The summed E-state index contributed by atoms with van der Waals surface area (Å²) in [7, 11) is 3.13. The molecule has 0 fully saturated rings. The Balaban J connectivity index is 2.28. The lowest BCUT2D eigenvalue weighted by molar-refractivity contribution is -0.135. The molecule has 114 valence electrons. The largest absolute Gasteiger partial charge is 0.493 e. The summed E-state index contributed by atoms with van der Waals surface area (Å²) in [5.74, 6) is 1.30. The molecule has 1 aromatic rings. The van der Waals surface area contributed by atoms with Gasteiger partial charge < -0.3 is 14.8 Å². The number of methoxy groups -OCH3 is 2. The van der Waals surface area contributed by atoms with E-state index in [1.807, 2.05) is 12.1 Å². The molecule has 0 saturated heterocycles. The molecule has 1 rings (SSSR count). The molecular formula is C14H20F3NO2. The predicted molar refractivity (Wildman–Crippen MR) is 71.2 cm³/mol. The number of hydrogen-bond donors (Lipinski definition) is 1. The van der Waals surface area contributed by atoms with Crippen LogP contribution in [-0.4, -0.2) is 26.9 Å².